The molecule has 2 fully saturated rings. The lowest BCUT2D eigenvalue weighted by Gasteiger charge is -2.25. The lowest BCUT2D eigenvalue weighted by molar-refractivity contribution is -0.128. The molecule has 5 heteroatoms. The van der Waals surface area contributed by atoms with E-state index in [0.717, 1.165) is 12.5 Å². The third kappa shape index (κ3) is 2.61. The van der Waals surface area contributed by atoms with Crippen LogP contribution in [0.15, 0.2) is 18.2 Å². The number of nitrogens with zero attached hydrogens (tertiary/aromatic N) is 1. The Hall–Kier alpha value is -1.49. The van der Waals surface area contributed by atoms with E-state index in [2.05, 4.69) is 5.32 Å². The minimum Gasteiger partial charge on any atom is -0.322 e. The molecule has 0 radical (unpaired) electrons. The Morgan fingerprint density at radius 3 is 2.79 bits per heavy atom. The van der Waals surface area contributed by atoms with Crippen molar-refractivity contribution in [2.45, 2.75) is 25.4 Å². The van der Waals surface area contributed by atoms with Gasteiger partial charge in [0.05, 0.1) is 6.54 Å². The van der Waals surface area contributed by atoms with Gasteiger partial charge in [-0.1, -0.05) is 12.8 Å². The normalized spacial score (nSPS) is 23.2. The predicted octanol–water partition coefficient (Wildman–Crippen LogP) is 2.20. The highest BCUT2D eigenvalue weighted by atomic mass is 19.1. The molecule has 1 aromatic rings. The SMILES string of the molecule is O=C1CNC(c2ccc(F)cc2F)N1CCC1CC1. The van der Waals surface area contributed by atoms with E-state index in [1.54, 1.807) is 4.90 Å². The van der Waals surface area contributed by atoms with Crippen molar-refractivity contribution in [1.82, 2.24) is 10.2 Å². The Bertz CT molecular complexity index is 502. The maximum absolute atomic E-state index is 13.8. The fourth-order valence-corrected chi connectivity index (χ4v) is 2.52. The van der Waals surface area contributed by atoms with Crippen LogP contribution in [0, 0.1) is 17.6 Å². The number of hydrogen-bond acceptors (Lipinski definition) is 2. The van der Waals surface area contributed by atoms with Crippen LogP contribution in [0.25, 0.3) is 0 Å². The smallest absolute Gasteiger partial charge is 0.238 e. The molecular formula is C14H16F2N2O. The number of carbonyl (C=O) groups excluding carboxylic acids is 1. The van der Waals surface area contributed by atoms with E-state index in [4.69, 9.17) is 0 Å². The number of halogens is 2. The fraction of sp³-hybridized carbons (Fsp3) is 0.500. The highest BCUT2D eigenvalue weighted by Crippen LogP contribution is 2.34. The van der Waals surface area contributed by atoms with Gasteiger partial charge in [0.1, 0.15) is 17.8 Å². The maximum Gasteiger partial charge on any atom is 0.238 e. The van der Waals surface area contributed by atoms with Gasteiger partial charge in [0.25, 0.3) is 0 Å². The van der Waals surface area contributed by atoms with Crippen molar-refractivity contribution >= 4 is 5.91 Å². The summed E-state index contributed by atoms with van der Waals surface area (Å²) in [4.78, 5) is 13.5. The van der Waals surface area contributed by atoms with Gasteiger partial charge >= 0.3 is 0 Å². The van der Waals surface area contributed by atoms with Crippen molar-refractivity contribution < 1.29 is 13.6 Å². The highest BCUT2D eigenvalue weighted by Gasteiger charge is 2.34. The van der Waals surface area contributed by atoms with Crippen molar-refractivity contribution in [2.75, 3.05) is 13.1 Å². The van der Waals surface area contributed by atoms with Gasteiger partial charge in [-0.15, -0.1) is 0 Å². The fourth-order valence-electron chi connectivity index (χ4n) is 2.52. The van der Waals surface area contributed by atoms with Gasteiger partial charge < -0.3 is 4.90 Å². The van der Waals surface area contributed by atoms with E-state index in [9.17, 15) is 13.6 Å². The lowest BCUT2D eigenvalue weighted by Crippen LogP contribution is -2.32. The molecule has 1 N–H and O–H groups in total. The van der Waals surface area contributed by atoms with Crippen LogP contribution < -0.4 is 5.32 Å². The van der Waals surface area contributed by atoms with Crippen LogP contribution in [0.3, 0.4) is 0 Å². The molecule has 1 heterocycles. The Morgan fingerprint density at radius 1 is 1.32 bits per heavy atom. The summed E-state index contributed by atoms with van der Waals surface area (Å²) in [6.45, 7) is 0.851. The van der Waals surface area contributed by atoms with Gasteiger partial charge in [-0.2, -0.15) is 0 Å². The van der Waals surface area contributed by atoms with Crippen LogP contribution in [-0.4, -0.2) is 23.9 Å². The van der Waals surface area contributed by atoms with Crippen molar-refractivity contribution in [1.29, 1.82) is 0 Å². The summed E-state index contributed by atoms with van der Waals surface area (Å²) in [5, 5.41) is 2.99. The molecule has 3 nitrogen and oxygen atoms in total. The summed E-state index contributed by atoms with van der Waals surface area (Å²) in [5.74, 6) is -0.514. The van der Waals surface area contributed by atoms with Gasteiger partial charge in [0, 0.05) is 18.2 Å². The molecule has 1 saturated heterocycles. The van der Waals surface area contributed by atoms with E-state index in [1.807, 2.05) is 0 Å². The molecule has 0 bridgehead atoms. The van der Waals surface area contributed by atoms with Gasteiger partial charge in [0.15, 0.2) is 0 Å². The minimum atomic E-state index is -0.608. The van der Waals surface area contributed by atoms with Crippen molar-refractivity contribution in [3.63, 3.8) is 0 Å². The zero-order chi connectivity index (χ0) is 13.4. The van der Waals surface area contributed by atoms with Crippen molar-refractivity contribution in [3.05, 3.63) is 35.4 Å². The number of carbonyl (C=O) groups is 1. The van der Waals surface area contributed by atoms with Gasteiger partial charge in [-0.3, -0.25) is 10.1 Å². The van der Waals surface area contributed by atoms with Crippen LogP contribution in [0.2, 0.25) is 0 Å². The molecule has 1 aromatic carbocycles. The Kier molecular flexibility index (Phi) is 3.22. The number of benzene rings is 1. The molecule has 1 aliphatic carbocycles. The summed E-state index contributed by atoms with van der Waals surface area (Å²) >= 11 is 0. The monoisotopic (exact) mass is 266 g/mol. The second kappa shape index (κ2) is 4.89. The molecule has 0 spiro atoms. The molecule has 102 valence electrons. The number of rotatable bonds is 4. The number of amides is 1. The number of hydrogen-bond donors (Lipinski definition) is 1. The molecular weight excluding hydrogens is 250 g/mol. The average molecular weight is 266 g/mol. The van der Waals surface area contributed by atoms with Crippen LogP contribution >= 0.6 is 0 Å². The topological polar surface area (TPSA) is 32.3 Å². The Labute approximate surface area is 110 Å². The van der Waals surface area contributed by atoms with Crippen LogP contribution in [0.5, 0.6) is 0 Å². The average Bonchev–Trinajstić information content (AvgIpc) is 3.12. The zero-order valence-corrected chi connectivity index (χ0v) is 10.5. The van der Waals surface area contributed by atoms with Crippen LogP contribution in [-0.2, 0) is 4.79 Å². The van der Waals surface area contributed by atoms with E-state index in [0.29, 0.717) is 18.0 Å². The Balaban J connectivity index is 1.78. The van der Waals surface area contributed by atoms with E-state index < -0.39 is 17.8 Å². The van der Waals surface area contributed by atoms with E-state index in [-0.39, 0.29) is 12.5 Å². The first-order chi connectivity index (χ1) is 9.15. The summed E-state index contributed by atoms with van der Waals surface area (Å²) in [5.41, 5.74) is 0.336. The second-order valence-corrected chi connectivity index (χ2v) is 5.27. The first kappa shape index (κ1) is 12.5. The molecule has 2 aliphatic rings. The first-order valence-electron chi connectivity index (χ1n) is 6.63. The summed E-state index contributed by atoms with van der Waals surface area (Å²) < 4.78 is 26.7. The first-order valence-corrected chi connectivity index (χ1v) is 6.63. The summed E-state index contributed by atoms with van der Waals surface area (Å²) in [6.07, 6.45) is 2.95. The second-order valence-electron chi connectivity index (χ2n) is 5.27. The van der Waals surface area contributed by atoms with E-state index in [1.165, 1.54) is 25.0 Å². The highest BCUT2D eigenvalue weighted by molar-refractivity contribution is 5.80. The van der Waals surface area contributed by atoms with Gasteiger partial charge in [-0.25, -0.2) is 8.78 Å². The predicted molar refractivity (Wildman–Crippen MR) is 66.2 cm³/mol. The molecule has 3 rings (SSSR count). The number of nitrogens with one attached hydrogen (secondary N) is 1. The van der Waals surface area contributed by atoms with Crippen molar-refractivity contribution in [3.8, 4) is 0 Å². The molecule has 1 unspecified atom stereocenters. The quantitative estimate of drug-likeness (QED) is 0.906. The van der Waals surface area contributed by atoms with Gasteiger partial charge in [-0.05, 0) is 24.5 Å². The standard InChI is InChI=1S/C14H16F2N2O/c15-10-3-4-11(12(16)7-10)14-17-8-13(19)18(14)6-5-9-1-2-9/h3-4,7,9,14,17H,1-2,5-6,8H2. The zero-order valence-electron chi connectivity index (χ0n) is 10.5. The molecule has 0 aromatic heterocycles. The summed E-state index contributed by atoms with van der Waals surface area (Å²) in [7, 11) is 0. The third-order valence-corrected chi connectivity index (χ3v) is 3.81. The molecule has 1 aliphatic heterocycles. The summed E-state index contributed by atoms with van der Waals surface area (Å²) in [6, 6.07) is 3.49. The molecule has 1 atom stereocenters. The molecule has 1 amide bonds. The van der Waals surface area contributed by atoms with Crippen LogP contribution in [0.1, 0.15) is 31.0 Å². The van der Waals surface area contributed by atoms with Crippen molar-refractivity contribution in [2.24, 2.45) is 5.92 Å². The van der Waals surface area contributed by atoms with E-state index >= 15 is 0 Å². The molecule has 1 saturated carbocycles. The molecule has 19 heavy (non-hydrogen) atoms. The lowest BCUT2D eigenvalue weighted by atomic mass is 10.1. The largest absolute Gasteiger partial charge is 0.322 e. The maximum atomic E-state index is 13.8. The van der Waals surface area contributed by atoms with Crippen LogP contribution in [0.4, 0.5) is 8.78 Å². The minimum absolute atomic E-state index is 0.0191. The Morgan fingerprint density at radius 2 is 2.11 bits per heavy atom. The third-order valence-electron chi connectivity index (χ3n) is 3.81. The van der Waals surface area contributed by atoms with Gasteiger partial charge in [0.2, 0.25) is 5.91 Å².